The Hall–Kier alpha value is -0.820. The number of nitrogens with zero attached hydrogens (tertiary/aromatic N) is 1. The Morgan fingerprint density at radius 2 is 2.35 bits per heavy atom. The van der Waals surface area contributed by atoms with Crippen molar-refractivity contribution in [3.63, 3.8) is 0 Å². The summed E-state index contributed by atoms with van der Waals surface area (Å²) in [6.07, 6.45) is 2.48. The second-order valence-corrected chi connectivity index (χ2v) is 5.30. The number of nitrogens with two attached hydrogens (primary N) is 1. The first-order valence-corrected chi connectivity index (χ1v) is 6.67. The van der Waals surface area contributed by atoms with Crippen molar-refractivity contribution < 1.29 is 4.39 Å². The third kappa shape index (κ3) is 2.90. The van der Waals surface area contributed by atoms with Gasteiger partial charge in [0.25, 0.3) is 0 Å². The average molecular weight is 316 g/mol. The van der Waals surface area contributed by atoms with Crippen molar-refractivity contribution in [1.29, 1.82) is 0 Å². The van der Waals surface area contributed by atoms with Gasteiger partial charge in [-0.2, -0.15) is 0 Å². The summed E-state index contributed by atoms with van der Waals surface area (Å²) in [5.41, 5.74) is 5.28. The van der Waals surface area contributed by atoms with E-state index in [0.29, 0.717) is 10.9 Å². The van der Waals surface area contributed by atoms with Crippen LogP contribution in [-0.4, -0.2) is 4.98 Å². The van der Waals surface area contributed by atoms with E-state index < -0.39 is 0 Å². The van der Waals surface area contributed by atoms with Gasteiger partial charge in [-0.05, 0) is 27.6 Å². The van der Waals surface area contributed by atoms with E-state index in [0.717, 1.165) is 10.4 Å². The van der Waals surface area contributed by atoms with Gasteiger partial charge >= 0.3 is 0 Å². The van der Waals surface area contributed by atoms with Gasteiger partial charge in [-0.3, -0.25) is 16.3 Å². The molecule has 0 spiro atoms. The van der Waals surface area contributed by atoms with E-state index in [9.17, 15) is 4.39 Å². The highest BCUT2D eigenvalue weighted by molar-refractivity contribution is 9.10. The number of thiazole rings is 1. The molecule has 0 saturated heterocycles. The lowest BCUT2D eigenvalue weighted by molar-refractivity contribution is 0.543. The van der Waals surface area contributed by atoms with Gasteiger partial charge < -0.3 is 0 Å². The quantitative estimate of drug-likeness (QED) is 0.674. The van der Waals surface area contributed by atoms with Gasteiger partial charge in [-0.25, -0.2) is 4.39 Å². The fourth-order valence-electron chi connectivity index (χ4n) is 1.59. The molecule has 0 amide bonds. The molecular formula is C11H11BrFN3S. The van der Waals surface area contributed by atoms with E-state index in [-0.39, 0.29) is 11.9 Å². The predicted octanol–water partition coefficient (Wildman–Crippen LogP) is 2.79. The van der Waals surface area contributed by atoms with Crippen LogP contribution >= 0.6 is 27.3 Å². The molecule has 17 heavy (non-hydrogen) atoms. The third-order valence-corrected chi connectivity index (χ3v) is 4.09. The van der Waals surface area contributed by atoms with Crippen LogP contribution in [0.1, 0.15) is 16.5 Å². The van der Waals surface area contributed by atoms with E-state index in [1.54, 1.807) is 29.1 Å². The van der Waals surface area contributed by atoms with Crippen LogP contribution in [0, 0.1) is 5.82 Å². The first-order chi connectivity index (χ1) is 8.22. The number of rotatable bonds is 4. The Bertz CT molecular complexity index is 489. The second-order valence-electron chi connectivity index (χ2n) is 3.53. The molecule has 0 fully saturated rings. The van der Waals surface area contributed by atoms with Gasteiger partial charge in [0.15, 0.2) is 0 Å². The van der Waals surface area contributed by atoms with Crippen molar-refractivity contribution in [1.82, 2.24) is 10.4 Å². The molecule has 2 rings (SSSR count). The highest BCUT2D eigenvalue weighted by Crippen LogP contribution is 2.28. The third-order valence-electron chi connectivity index (χ3n) is 2.45. The highest BCUT2D eigenvalue weighted by Gasteiger charge is 2.16. The largest absolute Gasteiger partial charge is 0.271 e. The van der Waals surface area contributed by atoms with Crippen molar-refractivity contribution in [3.05, 3.63) is 50.6 Å². The molecule has 2 aromatic rings. The van der Waals surface area contributed by atoms with Crippen LogP contribution in [0.4, 0.5) is 4.39 Å². The Morgan fingerprint density at radius 3 is 3.00 bits per heavy atom. The molecule has 3 N–H and O–H groups in total. The number of aromatic nitrogens is 1. The minimum absolute atomic E-state index is 0.138. The summed E-state index contributed by atoms with van der Waals surface area (Å²) in [6.45, 7) is 0. The molecule has 0 aliphatic carbocycles. The maximum absolute atomic E-state index is 13.4. The molecule has 1 unspecified atom stereocenters. The van der Waals surface area contributed by atoms with Gasteiger partial charge in [0.1, 0.15) is 5.82 Å². The van der Waals surface area contributed by atoms with Gasteiger partial charge in [-0.15, -0.1) is 11.3 Å². The van der Waals surface area contributed by atoms with Crippen LogP contribution in [0.5, 0.6) is 0 Å². The molecule has 3 nitrogen and oxygen atoms in total. The SMILES string of the molecule is NNC(Cc1cncs1)c1cccc(F)c1Br. The maximum atomic E-state index is 13.4. The smallest absolute Gasteiger partial charge is 0.137 e. The lowest BCUT2D eigenvalue weighted by atomic mass is 10.0. The topological polar surface area (TPSA) is 50.9 Å². The molecule has 0 aliphatic heterocycles. The number of hydrogen-bond donors (Lipinski definition) is 2. The Labute approximate surface area is 111 Å². The lowest BCUT2D eigenvalue weighted by Gasteiger charge is -2.17. The number of nitrogens with one attached hydrogen (secondary N) is 1. The van der Waals surface area contributed by atoms with E-state index in [2.05, 4.69) is 26.3 Å². The molecule has 1 aromatic heterocycles. The van der Waals surface area contributed by atoms with Crippen molar-refractivity contribution in [2.75, 3.05) is 0 Å². The zero-order valence-corrected chi connectivity index (χ0v) is 11.3. The van der Waals surface area contributed by atoms with Crippen molar-refractivity contribution in [3.8, 4) is 0 Å². The number of benzene rings is 1. The predicted molar refractivity (Wildman–Crippen MR) is 70.0 cm³/mol. The molecule has 90 valence electrons. The van der Waals surface area contributed by atoms with E-state index in [1.165, 1.54) is 6.07 Å². The van der Waals surface area contributed by atoms with Gasteiger partial charge in [-0.1, -0.05) is 12.1 Å². The Balaban J connectivity index is 2.26. The minimum atomic E-state index is -0.285. The van der Waals surface area contributed by atoms with Crippen LogP contribution in [0.25, 0.3) is 0 Å². The van der Waals surface area contributed by atoms with E-state index in [4.69, 9.17) is 5.84 Å². The molecule has 0 bridgehead atoms. The maximum Gasteiger partial charge on any atom is 0.137 e. The Morgan fingerprint density at radius 1 is 1.53 bits per heavy atom. The fraction of sp³-hybridized carbons (Fsp3) is 0.182. The van der Waals surface area contributed by atoms with E-state index in [1.807, 2.05) is 6.07 Å². The summed E-state index contributed by atoms with van der Waals surface area (Å²) in [6, 6.07) is 4.79. The lowest BCUT2D eigenvalue weighted by Crippen LogP contribution is -2.29. The van der Waals surface area contributed by atoms with Gasteiger partial charge in [0, 0.05) is 17.5 Å². The minimum Gasteiger partial charge on any atom is -0.271 e. The van der Waals surface area contributed by atoms with Crippen molar-refractivity contribution >= 4 is 27.3 Å². The number of hydrazine groups is 1. The van der Waals surface area contributed by atoms with Crippen molar-refractivity contribution in [2.45, 2.75) is 12.5 Å². The van der Waals surface area contributed by atoms with Crippen LogP contribution in [0.2, 0.25) is 0 Å². The first kappa shape index (κ1) is 12.6. The summed E-state index contributed by atoms with van der Waals surface area (Å²) in [4.78, 5) is 5.11. The van der Waals surface area contributed by atoms with Gasteiger partial charge in [0.05, 0.1) is 16.0 Å². The van der Waals surface area contributed by atoms with Crippen LogP contribution in [0.3, 0.4) is 0 Å². The van der Waals surface area contributed by atoms with Gasteiger partial charge in [0.2, 0.25) is 0 Å². The zero-order chi connectivity index (χ0) is 12.3. The molecule has 0 radical (unpaired) electrons. The van der Waals surface area contributed by atoms with Crippen LogP contribution in [0.15, 0.2) is 34.4 Å². The summed E-state index contributed by atoms with van der Waals surface area (Å²) >= 11 is 4.80. The number of hydrogen-bond acceptors (Lipinski definition) is 4. The molecule has 0 aliphatic rings. The normalized spacial score (nSPS) is 12.6. The molecule has 0 saturated carbocycles. The molecule has 1 heterocycles. The molecule has 1 aromatic carbocycles. The molecule has 6 heteroatoms. The molecular weight excluding hydrogens is 305 g/mol. The first-order valence-electron chi connectivity index (χ1n) is 4.99. The average Bonchev–Trinajstić information content (AvgIpc) is 2.83. The standard InChI is InChI=1S/C11H11BrFN3S/c12-11-8(2-1-3-9(11)13)10(16-14)4-7-5-15-6-17-7/h1-3,5-6,10,16H,4,14H2. The van der Waals surface area contributed by atoms with Crippen LogP contribution in [-0.2, 0) is 6.42 Å². The second kappa shape index (κ2) is 5.68. The van der Waals surface area contributed by atoms with Crippen molar-refractivity contribution in [2.24, 2.45) is 5.84 Å². The summed E-state index contributed by atoms with van der Waals surface area (Å²) in [7, 11) is 0. The molecule has 1 atom stereocenters. The monoisotopic (exact) mass is 315 g/mol. The highest BCUT2D eigenvalue weighted by atomic mass is 79.9. The summed E-state index contributed by atoms with van der Waals surface area (Å²) in [5, 5.41) is 0. The number of halogens is 2. The van der Waals surface area contributed by atoms with Crippen LogP contribution < -0.4 is 11.3 Å². The zero-order valence-electron chi connectivity index (χ0n) is 8.86. The summed E-state index contributed by atoms with van der Waals surface area (Å²) in [5.74, 6) is 5.25. The van der Waals surface area contributed by atoms with E-state index >= 15 is 0 Å². The Kier molecular flexibility index (Phi) is 4.22. The fourth-order valence-corrected chi connectivity index (χ4v) is 2.77. The summed E-state index contributed by atoms with van der Waals surface area (Å²) < 4.78 is 13.9.